The Kier molecular flexibility index (Phi) is 7.05. The van der Waals surface area contributed by atoms with E-state index in [1.807, 2.05) is 0 Å². The molecule has 0 aliphatic carbocycles. The van der Waals surface area contributed by atoms with Gasteiger partial charge in [-0.2, -0.15) is 0 Å². The van der Waals surface area contributed by atoms with Crippen molar-refractivity contribution in [3.8, 4) is 0 Å². The number of benzene rings is 1. The molecule has 1 fully saturated rings. The Bertz CT molecular complexity index is 1210. The highest BCUT2D eigenvalue weighted by Crippen LogP contribution is 2.35. The van der Waals surface area contributed by atoms with Crippen LogP contribution < -0.4 is 5.73 Å². The Morgan fingerprint density at radius 3 is 2.69 bits per heavy atom. The molecule has 11 nitrogen and oxygen atoms in total. The van der Waals surface area contributed by atoms with E-state index in [0.717, 1.165) is 0 Å². The zero-order valence-electron chi connectivity index (χ0n) is 19.2. The summed E-state index contributed by atoms with van der Waals surface area (Å²) in [6.45, 7) is 2.41. The molecule has 1 aliphatic heterocycles. The molecule has 0 bridgehead atoms. The van der Waals surface area contributed by atoms with Crippen molar-refractivity contribution in [2.24, 2.45) is 0 Å². The van der Waals surface area contributed by atoms with Gasteiger partial charge in [-0.15, -0.1) is 0 Å². The smallest absolute Gasteiger partial charge is 0.346 e. The van der Waals surface area contributed by atoms with Crippen molar-refractivity contribution in [3.63, 3.8) is 0 Å². The lowest BCUT2D eigenvalue weighted by Crippen LogP contribution is -2.52. The average Bonchev–Trinajstić information content (AvgIpc) is 3.39. The topological polar surface area (TPSA) is 152 Å². The van der Waals surface area contributed by atoms with Gasteiger partial charge in [0.25, 0.3) is 0 Å². The molecule has 1 unspecified atom stereocenters. The van der Waals surface area contributed by atoms with Crippen LogP contribution in [0.3, 0.4) is 0 Å². The summed E-state index contributed by atoms with van der Waals surface area (Å²) in [4.78, 5) is 37.6. The van der Waals surface area contributed by atoms with E-state index in [2.05, 4.69) is 15.0 Å². The summed E-state index contributed by atoms with van der Waals surface area (Å²) < 4.78 is 33.1. The second-order valence-electron chi connectivity index (χ2n) is 8.16. The molecule has 3 N–H and O–H groups in total. The molecular formula is C23H26FN5O6. The normalized spacial score (nSPS) is 23.8. The molecule has 0 saturated carbocycles. The van der Waals surface area contributed by atoms with Gasteiger partial charge in [0.15, 0.2) is 29.6 Å². The maximum absolute atomic E-state index is 15.1. The van der Waals surface area contributed by atoms with Gasteiger partial charge in [0, 0.05) is 6.42 Å². The summed E-state index contributed by atoms with van der Waals surface area (Å²) in [5.41, 5.74) is 4.95. The number of alkyl halides is 1. The molecule has 5 atom stereocenters. The van der Waals surface area contributed by atoms with E-state index in [9.17, 15) is 14.7 Å². The summed E-state index contributed by atoms with van der Waals surface area (Å²) in [5.74, 6) is -1.34. The van der Waals surface area contributed by atoms with Crippen molar-refractivity contribution in [2.75, 3.05) is 18.9 Å². The number of Topliss-reactive ketones (excluding diaryl/α,β-unsaturated/α-hetero) is 1. The number of aliphatic hydroxyl groups excluding tert-OH is 1. The van der Waals surface area contributed by atoms with Crippen molar-refractivity contribution in [1.82, 2.24) is 19.5 Å². The van der Waals surface area contributed by atoms with Crippen LogP contribution in [-0.2, 0) is 30.2 Å². The van der Waals surface area contributed by atoms with Crippen molar-refractivity contribution in [1.29, 1.82) is 0 Å². The molecule has 186 valence electrons. The zero-order valence-corrected chi connectivity index (χ0v) is 19.2. The molecule has 0 radical (unpaired) electrons. The van der Waals surface area contributed by atoms with E-state index in [-0.39, 0.29) is 30.0 Å². The van der Waals surface area contributed by atoms with Gasteiger partial charge in [-0.05, 0) is 19.4 Å². The van der Waals surface area contributed by atoms with E-state index in [1.54, 1.807) is 37.3 Å². The van der Waals surface area contributed by atoms with E-state index in [4.69, 9.17) is 19.9 Å². The highest BCUT2D eigenvalue weighted by molar-refractivity contribution is 6.06. The lowest BCUT2D eigenvalue weighted by molar-refractivity contribution is -0.183. The Hall–Kier alpha value is -3.48. The summed E-state index contributed by atoms with van der Waals surface area (Å²) in [6.07, 6.45) is -3.58. The van der Waals surface area contributed by atoms with E-state index < -0.39 is 48.6 Å². The molecule has 0 amide bonds. The zero-order chi connectivity index (χ0) is 25.2. The van der Waals surface area contributed by atoms with Crippen LogP contribution in [0.4, 0.5) is 10.2 Å². The molecule has 1 aliphatic rings. The predicted octanol–water partition coefficient (Wildman–Crippen LogP) is 1.16. The third-order valence-electron chi connectivity index (χ3n) is 5.92. The van der Waals surface area contributed by atoms with Crippen LogP contribution in [0.5, 0.6) is 0 Å². The first-order valence-corrected chi connectivity index (χ1v) is 11.0. The van der Waals surface area contributed by atoms with Gasteiger partial charge in [0.05, 0.1) is 19.5 Å². The number of nitrogen functional groups attached to an aromatic ring is 1. The average molecular weight is 487 g/mol. The van der Waals surface area contributed by atoms with Gasteiger partial charge < -0.3 is 25.1 Å². The minimum Gasteiger partial charge on any atom is -0.463 e. The van der Waals surface area contributed by atoms with Crippen molar-refractivity contribution in [3.05, 3.63) is 48.5 Å². The Morgan fingerprint density at radius 1 is 1.26 bits per heavy atom. The van der Waals surface area contributed by atoms with Crippen LogP contribution in [0.25, 0.3) is 11.2 Å². The van der Waals surface area contributed by atoms with Gasteiger partial charge in [-0.3, -0.25) is 9.36 Å². The van der Waals surface area contributed by atoms with Crippen LogP contribution in [0.15, 0.2) is 43.0 Å². The van der Waals surface area contributed by atoms with Crippen LogP contribution in [0.2, 0.25) is 0 Å². The van der Waals surface area contributed by atoms with E-state index in [1.165, 1.54) is 24.1 Å². The highest BCUT2D eigenvalue weighted by Gasteiger charge is 2.50. The molecule has 2 aromatic heterocycles. The van der Waals surface area contributed by atoms with Crippen molar-refractivity contribution >= 4 is 28.7 Å². The van der Waals surface area contributed by atoms with Crippen LogP contribution in [-0.4, -0.2) is 73.6 Å². The van der Waals surface area contributed by atoms with E-state index >= 15 is 4.39 Å². The minimum absolute atomic E-state index is 0.0296. The van der Waals surface area contributed by atoms with Gasteiger partial charge in [-0.1, -0.05) is 30.3 Å². The summed E-state index contributed by atoms with van der Waals surface area (Å²) in [6, 6.07) is 8.81. The number of nitrogens with two attached hydrogens (primary N) is 1. The molecule has 35 heavy (non-hydrogen) atoms. The molecular weight excluding hydrogens is 461 g/mol. The third kappa shape index (κ3) is 4.59. The first kappa shape index (κ1) is 24.6. The molecule has 3 aromatic rings. The maximum atomic E-state index is 15.1. The highest BCUT2D eigenvalue weighted by atomic mass is 19.1. The number of imidazole rings is 1. The number of rotatable bonds is 9. The fourth-order valence-corrected chi connectivity index (χ4v) is 4.03. The van der Waals surface area contributed by atoms with E-state index in [0.29, 0.717) is 5.56 Å². The number of aliphatic hydroxyl groups is 1. The minimum atomic E-state index is -1.99. The number of carbonyl (C=O) groups is 2. The number of ketones is 1. The van der Waals surface area contributed by atoms with Gasteiger partial charge in [0.1, 0.15) is 24.1 Å². The number of aromatic nitrogens is 4. The molecule has 4 rings (SSSR count). The standard InChI is InChI=1S/C23H26FN5O6/c1-3-33-22(32)23(13(2)30,9-14-7-5-4-6-8-14)34-10-15-18(31)16(24)21(35-15)29-12-28-17-19(25)26-11-27-20(17)29/h4-8,11-12,15-16,18,21,31H,3,9-10H2,1-2H3,(H2,25,26,27)/t15-,16-,18-,21-,23?/m1/s1. The number of hydrogen-bond acceptors (Lipinski definition) is 10. The predicted molar refractivity (Wildman–Crippen MR) is 121 cm³/mol. The lowest BCUT2D eigenvalue weighted by Gasteiger charge is -2.30. The molecule has 3 heterocycles. The summed E-state index contributed by atoms with van der Waals surface area (Å²) in [7, 11) is 0. The van der Waals surface area contributed by atoms with Crippen LogP contribution >= 0.6 is 0 Å². The summed E-state index contributed by atoms with van der Waals surface area (Å²) >= 11 is 0. The Balaban J connectivity index is 1.58. The lowest BCUT2D eigenvalue weighted by atomic mass is 9.90. The second kappa shape index (κ2) is 10.0. The number of halogens is 1. The van der Waals surface area contributed by atoms with Crippen molar-refractivity contribution in [2.45, 2.75) is 50.5 Å². The maximum Gasteiger partial charge on any atom is 0.346 e. The quantitative estimate of drug-likeness (QED) is 0.332. The second-order valence-corrected chi connectivity index (χ2v) is 8.16. The number of esters is 1. The molecule has 12 heteroatoms. The van der Waals surface area contributed by atoms with Crippen LogP contribution in [0.1, 0.15) is 25.6 Å². The van der Waals surface area contributed by atoms with Crippen molar-refractivity contribution < 1.29 is 33.3 Å². The molecule has 1 saturated heterocycles. The van der Waals surface area contributed by atoms with Crippen LogP contribution in [0, 0.1) is 0 Å². The number of ether oxygens (including phenoxy) is 3. The molecule has 1 aromatic carbocycles. The van der Waals surface area contributed by atoms with Gasteiger partial charge in [-0.25, -0.2) is 24.1 Å². The number of nitrogens with zero attached hydrogens (tertiary/aromatic N) is 4. The first-order chi connectivity index (χ1) is 16.8. The number of anilines is 1. The fraction of sp³-hybridized carbons (Fsp3) is 0.435. The monoisotopic (exact) mass is 487 g/mol. The largest absolute Gasteiger partial charge is 0.463 e. The summed E-state index contributed by atoms with van der Waals surface area (Å²) in [5, 5.41) is 10.5. The first-order valence-electron chi connectivity index (χ1n) is 11.0. The Morgan fingerprint density at radius 2 is 2.00 bits per heavy atom. The number of carbonyl (C=O) groups excluding carboxylic acids is 2. The number of fused-ring (bicyclic) bond motifs is 1. The van der Waals surface area contributed by atoms with Gasteiger partial charge in [0.2, 0.25) is 5.60 Å². The SMILES string of the molecule is CCOC(=O)C(Cc1ccccc1)(OC[C@H]1O[C@@H](n2cnc3c(N)ncnc32)[C@H](F)[C@@H]1O)C(C)=O. The molecule has 0 spiro atoms. The Labute approximate surface area is 200 Å². The fourth-order valence-electron chi connectivity index (χ4n) is 4.03. The van der Waals surface area contributed by atoms with Gasteiger partial charge >= 0.3 is 5.97 Å². The third-order valence-corrected chi connectivity index (χ3v) is 5.92. The number of hydrogen-bond donors (Lipinski definition) is 2.